The second kappa shape index (κ2) is 6.01. The van der Waals surface area contributed by atoms with Crippen molar-refractivity contribution in [3.8, 4) is 5.75 Å². The third-order valence-electron chi connectivity index (χ3n) is 5.34. The number of aromatic amines is 1. The average molecular weight is 363 g/mol. The molecule has 8 nitrogen and oxygen atoms in total. The van der Waals surface area contributed by atoms with Gasteiger partial charge in [0.2, 0.25) is 0 Å². The van der Waals surface area contributed by atoms with Gasteiger partial charge in [-0.2, -0.15) is 0 Å². The number of nitrogens with two attached hydrogens (primary N) is 2. The van der Waals surface area contributed by atoms with Gasteiger partial charge in [-0.15, -0.1) is 0 Å². The third-order valence-corrected chi connectivity index (χ3v) is 5.34. The minimum Gasteiger partial charge on any atom is -0.492 e. The van der Waals surface area contributed by atoms with Gasteiger partial charge in [-0.1, -0.05) is 0 Å². The molecule has 140 valence electrons. The highest BCUT2D eigenvalue weighted by Gasteiger charge is 2.34. The van der Waals surface area contributed by atoms with Gasteiger partial charge in [-0.25, -0.2) is 9.18 Å². The molecule has 1 aliphatic heterocycles. The highest BCUT2D eigenvalue weighted by Crippen LogP contribution is 2.45. The molecule has 1 saturated heterocycles. The van der Waals surface area contributed by atoms with E-state index in [-0.39, 0.29) is 40.0 Å². The molecule has 9 heteroatoms. The first-order chi connectivity index (χ1) is 12.5. The van der Waals surface area contributed by atoms with Crippen LogP contribution in [0.15, 0.2) is 9.59 Å². The van der Waals surface area contributed by atoms with Gasteiger partial charge in [0.15, 0.2) is 11.6 Å². The predicted molar refractivity (Wildman–Crippen MR) is 97.4 cm³/mol. The molecule has 0 amide bonds. The van der Waals surface area contributed by atoms with Crippen LogP contribution in [0.2, 0.25) is 0 Å². The molecule has 1 atom stereocenters. The van der Waals surface area contributed by atoms with Crippen molar-refractivity contribution in [2.45, 2.75) is 25.3 Å². The van der Waals surface area contributed by atoms with Crippen molar-refractivity contribution in [2.24, 2.45) is 11.7 Å². The number of hydrogen-bond donors (Lipinski definition) is 3. The molecular formula is C17H22FN5O3. The van der Waals surface area contributed by atoms with Crippen LogP contribution in [0.4, 0.5) is 15.8 Å². The number of nitrogens with one attached hydrogen (secondary N) is 1. The first kappa shape index (κ1) is 16.9. The summed E-state index contributed by atoms with van der Waals surface area (Å²) >= 11 is 0. The highest BCUT2D eigenvalue weighted by atomic mass is 19.1. The Kier molecular flexibility index (Phi) is 3.91. The summed E-state index contributed by atoms with van der Waals surface area (Å²) in [6.07, 6.45) is 2.47. The molecule has 0 bridgehead atoms. The minimum absolute atomic E-state index is 0.0378. The zero-order valence-electron chi connectivity index (χ0n) is 14.5. The maximum Gasteiger partial charge on any atom is 0.329 e. The molecule has 0 radical (unpaired) electrons. The molecule has 26 heavy (non-hydrogen) atoms. The van der Waals surface area contributed by atoms with Crippen LogP contribution >= 0.6 is 0 Å². The van der Waals surface area contributed by atoms with Crippen LogP contribution < -0.4 is 32.4 Å². The molecule has 2 aromatic rings. The second-order valence-electron chi connectivity index (χ2n) is 7.03. The Morgan fingerprint density at radius 1 is 1.31 bits per heavy atom. The van der Waals surface area contributed by atoms with E-state index in [0.717, 1.165) is 19.3 Å². The molecule has 1 aliphatic carbocycles. The van der Waals surface area contributed by atoms with Crippen LogP contribution in [0.3, 0.4) is 0 Å². The number of methoxy groups -OCH3 is 1. The van der Waals surface area contributed by atoms with E-state index in [4.69, 9.17) is 16.2 Å². The van der Waals surface area contributed by atoms with Gasteiger partial charge in [0, 0.05) is 19.1 Å². The number of fused-ring (bicyclic) bond motifs is 1. The van der Waals surface area contributed by atoms with Crippen molar-refractivity contribution in [2.75, 3.05) is 37.4 Å². The standard InChI is InChI=1S/C17H22FN5O3/c1-26-15-13-10(16(24)21-17(25)23(13)9-2-3-9)12(20)11(18)14(15)22-5-4-8(6-19)7-22/h8-9H,2-7,19-20H2,1H3,(H,21,24,25). The van der Waals surface area contributed by atoms with Crippen LogP contribution in [-0.2, 0) is 0 Å². The molecule has 2 fully saturated rings. The van der Waals surface area contributed by atoms with Crippen molar-refractivity contribution in [1.29, 1.82) is 0 Å². The molecule has 1 saturated carbocycles. The van der Waals surface area contributed by atoms with Gasteiger partial charge in [0.1, 0.15) is 11.2 Å². The molecule has 1 aromatic carbocycles. The maximum atomic E-state index is 15.2. The topological polar surface area (TPSA) is 119 Å². The van der Waals surface area contributed by atoms with E-state index in [1.54, 1.807) is 0 Å². The normalized spacial score (nSPS) is 20.1. The lowest BCUT2D eigenvalue weighted by Gasteiger charge is -2.25. The Morgan fingerprint density at radius 3 is 2.62 bits per heavy atom. The lowest BCUT2D eigenvalue weighted by Crippen LogP contribution is -2.32. The average Bonchev–Trinajstić information content (AvgIpc) is 3.33. The molecule has 2 heterocycles. The summed E-state index contributed by atoms with van der Waals surface area (Å²) in [5.41, 5.74) is 10.7. The van der Waals surface area contributed by atoms with Gasteiger partial charge in [-0.3, -0.25) is 14.3 Å². The summed E-state index contributed by atoms with van der Waals surface area (Å²) in [7, 11) is 1.41. The Bertz CT molecular complexity index is 995. The van der Waals surface area contributed by atoms with Gasteiger partial charge < -0.3 is 21.1 Å². The lowest BCUT2D eigenvalue weighted by molar-refractivity contribution is 0.413. The van der Waals surface area contributed by atoms with Crippen molar-refractivity contribution < 1.29 is 9.13 Å². The molecular weight excluding hydrogens is 341 g/mol. The van der Waals surface area contributed by atoms with Gasteiger partial charge in [0.05, 0.1) is 18.2 Å². The Hall–Kier alpha value is -2.55. The summed E-state index contributed by atoms with van der Waals surface area (Å²) in [4.78, 5) is 28.9. The van der Waals surface area contributed by atoms with Crippen molar-refractivity contribution in [3.05, 3.63) is 26.7 Å². The number of hydrogen-bond acceptors (Lipinski definition) is 6. The van der Waals surface area contributed by atoms with Crippen molar-refractivity contribution in [3.63, 3.8) is 0 Å². The van der Waals surface area contributed by atoms with E-state index < -0.39 is 17.1 Å². The van der Waals surface area contributed by atoms with E-state index in [1.165, 1.54) is 11.7 Å². The molecule has 4 rings (SSSR count). The van der Waals surface area contributed by atoms with Crippen LogP contribution in [0.25, 0.3) is 10.9 Å². The molecule has 1 aromatic heterocycles. The summed E-state index contributed by atoms with van der Waals surface area (Å²) in [5.74, 6) is -0.265. The Labute approximate surface area is 148 Å². The number of aromatic nitrogens is 2. The second-order valence-corrected chi connectivity index (χ2v) is 7.03. The van der Waals surface area contributed by atoms with E-state index in [2.05, 4.69) is 4.98 Å². The zero-order chi connectivity index (χ0) is 18.6. The summed E-state index contributed by atoms with van der Waals surface area (Å²) in [5, 5.41) is -0.0378. The number of ether oxygens (including phenoxy) is 1. The minimum atomic E-state index is -0.704. The predicted octanol–water partition coefficient (Wildman–Crippen LogP) is 0.540. The number of H-pyrrole nitrogens is 1. The fraction of sp³-hybridized carbons (Fsp3) is 0.529. The fourth-order valence-corrected chi connectivity index (χ4v) is 3.86. The SMILES string of the molecule is COc1c(N2CCC(CN)C2)c(F)c(N)c2c(=O)[nH]c(=O)n(C3CC3)c12. The number of anilines is 2. The van der Waals surface area contributed by atoms with Crippen LogP contribution in [0.1, 0.15) is 25.3 Å². The van der Waals surface area contributed by atoms with E-state index in [0.29, 0.717) is 19.6 Å². The van der Waals surface area contributed by atoms with Crippen LogP contribution in [-0.4, -0.2) is 36.3 Å². The van der Waals surface area contributed by atoms with E-state index in [9.17, 15) is 9.59 Å². The van der Waals surface area contributed by atoms with Gasteiger partial charge >= 0.3 is 5.69 Å². The third kappa shape index (κ3) is 2.38. The number of rotatable bonds is 4. The summed E-state index contributed by atoms with van der Waals surface area (Å²) < 4.78 is 22.2. The van der Waals surface area contributed by atoms with Crippen LogP contribution in [0, 0.1) is 11.7 Å². The lowest BCUT2D eigenvalue weighted by atomic mass is 10.1. The quantitative estimate of drug-likeness (QED) is 0.682. The highest BCUT2D eigenvalue weighted by molar-refractivity contribution is 5.99. The van der Waals surface area contributed by atoms with Crippen molar-refractivity contribution in [1.82, 2.24) is 9.55 Å². The smallest absolute Gasteiger partial charge is 0.329 e. The Morgan fingerprint density at radius 2 is 2.04 bits per heavy atom. The number of halogens is 1. The zero-order valence-corrected chi connectivity index (χ0v) is 14.5. The maximum absolute atomic E-state index is 15.2. The van der Waals surface area contributed by atoms with Gasteiger partial charge in [-0.05, 0) is 31.7 Å². The molecule has 2 aliphatic rings. The number of nitrogen functional groups attached to an aromatic ring is 1. The van der Waals surface area contributed by atoms with E-state index in [1.807, 2.05) is 4.90 Å². The summed E-state index contributed by atoms with van der Waals surface area (Å²) in [6.45, 7) is 1.69. The Balaban J connectivity index is 2.07. The monoisotopic (exact) mass is 363 g/mol. The van der Waals surface area contributed by atoms with Gasteiger partial charge in [0.25, 0.3) is 5.56 Å². The largest absolute Gasteiger partial charge is 0.492 e. The number of nitrogens with zero attached hydrogens (tertiary/aromatic N) is 2. The van der Waals surface area contributed by atoms with Crippen LogP contribution in [0.5, 0.6) is 5.75 Å². The van der Waals surface area contributed by atoms with Crippen molar-refractivity contribution >= 4 is 22.3 Å². The molecule has 0 spiro atoms. The van der Waals surface area contributed by atoms with E-state index >= 15 is 4.39 Å². The first-order valence-corrected chi connectivity index (χ1v) is 8.76. The molecule has 5 N–H and O–H groups in total. The molecule has 1 unspecified atom stereocenters. The fourth-order valence-electron chi connectivity index (χ4n) is 3.86. The number of benzene rings is 1. The first-order valence-electron chi connectivity index (χ1n) is 8.76. The summed E-state index contributed by atoms with van der Waals surface area (Å²) in [6, 6.07) is -0.0381.